The van der Waals surface area contributed by atoms with Crippen molar-refractivity contribution in [3.8, 4) is 0 Å². The topological polar surface area (TPSA) is 32.3 Å². The van der Waals surface area contributed by atoms with Crippen LogP contribution in [0.4, 0.5) is 8.78 Å². The highest BCUT2D eigenvalue weighted by atomic mass is 19.1. The SMILES string of the molecule is CC1CCCCCC1NCC(O)c1cc(F)ccc1F. The van der Waals surface area contributed by atoms with Crippen molar-refractivity contribution >= 4 is 0 Å². The molecule has 0 aromatic heterocycles. The summed E-state index contributed by atoms with van der Waals surface area (Å²) in [6, 6.07) is 3.54. The van der Waals surface area contributed by atoms with E-state index in [9.17, 15) is 13.9 Å². The van der Waals surface area contributed by atoms with Crippen molar-refractivity contribution in [2.75, 3.05) is 6.54 Å². The molecule has 2 nitrogen and oxygen atoms in total. The third kappa shape index (κ3) is 4.00. The Bertz CT molecular complexity index is 438. The molecule has 0 radical (unpaired) electrons. The first kappa shape index (κ1) is 15.4. The molecule has 1 aliphatic carbocycles. The van der Waals surface area contributed by atoms with Crippen LogP contribution in [-0.4, -0.2) is 17.7 Å². The molecule has 0 spiro atoms. The Morgan fingerprint density at radius 2 is 2.00 bits per heavy atom. The molecule has 1 saturated carbocycles. The Kier molecular flexibility index (Phi) is 5.49. The largest absolute Gasteiger partial charge is 0.387 e. The quantitative estimate of drug-likeness (QED) is 0.828. The molecule has 2 N–H and O–H groups in total. The minimum Gasteiger partial charge on any atom is -0.387 e. The number of halogens is 2. The first-order valence-corrected chi connectivity index (χ1v) is 7.44. The van der Waals surface area contributed by atoms with Gasteiger partial charge in [0.05, 0.1) is 6.10 Å². The van der Waals surface area contributed by atoms with Crippen LogP contribution in [-0.2, 0) is 0 Å². The van der Waals surface area contributed by atoms with Crippen LogP contribution in [0.2, 0.25) is 0 Å². The van der Waals surface area contributed by atoms with Gasteiger partial charge in [-0.1, -0.05) is 26.2 Å². The van der Waals surface area contributed by atoms with Gasteiger partial charge in [0.25, 0.3) is 0 Å². The monoisotopic (exact) mass is 283 g/mol. The number of rotatable bonds is 4. The van der Waals surface area contributed by atoms with Crippen molar-refractivity contribution in [1.82, 2.24) is 5.32 Å². The van der Waals surface area contributed by atoms with Gasteiger partial charge in [0.1, 0.15) is 11.6 Å². The van der Waals surface area contributed by atoms with Crippen LogP contribution in [0, 0.1) is 17.6 Å². The van der Waals surface area contributed by atoms with Gasteiger partial charge in [0.2, 0.25) is 0 Å². The molecule has 0 aliphatic heterocycles. The zero-order valence-corrected chi connectivity index (χ0v) is 11.9. The highest BCUT2D eigenvalue weighted by Gasteiger charge is 2.21. The fourth-order valence-corrected chi connectivity index (χ4v) is 2.94. The third-order valence-corrected chi connectivity index (χ3v) is 4.25. The van der Waals surface area contributed by atoms with E-state index in [2.05, 4.69) is 12.2 Å². The Morgan fingerprint density at radius 1 is 1.25 bits per heavy atom. The Hall–Kier alpha value is -1.00. The van der Waals surface area contributed by atoms with Crippen LogP contribution in [0.3, 0.4) is 0 Å². The Morgan fingerprint density at radius 3 is 2.80 bits per heavy atom. The molecule has 0 saturated heterocycles. The number of nitrogens with one attached hydrogen (secondary N) is 1. The van der Waals surface area contributed by atoms with Gasteiger partial charge in [-0.15, -0.1) is 0 Å². The fraction of sp³-hybridized carbons (Fsp3) is 0.625. The van der Waals surface area contributed by atoms with Crippen LogP contribution < -0.4 is 5.32 Å². The summed E-state index contributed by atoms with van der Waals surface area (Å²) in [5.41, 5.74) is 0.0266. The average Bonchev–Trinajstić information content (AvgIpc) is 2.63. The number of benzene rings is 1. The second kappa shape index (κ2) is 7.14. The molecule has 1 aromatic rings. The molecule has 3 unspecified atom stereocenters. The maximum absolute atomic E-state index is 13.6. The highest BCUT2D eigenvalue weighted by molar-refractivity contribution is 5.21. The van der Waals surface area contributed by atoms with Crippen LogP contribution in [0.25, 0.3) is 0 Å². The maximum atomic E-state index is 13.6. The molecule has 4 heteroatoms. The van der Waals surface area contributed by atoms with E-state index in [1.807, 2.05) is 0 Å². The van der Waals surface area contributed by atoms with E-state index < -0.39 is 17.7 Å². The number of hydrogen-bond acceptors (Lipinski definition) is 2. The van der Waals surface area contributed by atoms with Gasteiger partial charge in [0, 0.05) is 18.2 Å². The summed E-state index contributed by atoms with van der Waals surface area (Å²) in [4.78, 5) is 0. The highest BCUT2D eigenvalue weighted by Crippen LogP contribution is 2.24. The molecule has 3 atom stereocenters. The minimum absolute atomic E-state index is 0.0266. The lowest BCUT2D eigenvalue weighted by molar-refractivity contribution is 0.159. The lowest BCUT2D eigenvalue weighted by atomic mass is 9.96. The summed E-state index contributed by atoms with van der Waals surface area (Å²) in [5.74, 6) is -0.528. The van der Waals surface area contributed by atoms with Gasteiger partial charge in [-0.2, -0.15) is 0 Å². The molecule has 1 aromatic carbocycles. The van der Waals surface area contributed by atoms with Crippen LogP contribution in [0.15, 0.2) is 18.2 Å². The smallest absolute Gasteiger partial charge is 0.129 e. The van der Waals surface area contributed by atoms with Gasteiger partial charge in [-0.25, -0.2) is 8.78 Å². The summed E-state index contributed by atoms with van der Waals surface area (Å²) in [6.07, 6.45) is 4.94. The number of aliphatic hydroxyl groups excluding tert-OH is 1. The van der Waals surface area contributed by atoms with Crippen LogP contribution in [0.1, 0.15) is 50.7 Å². The molecule has 20 heavy (non-hydrogen) atoms. The predicted octanol–water partition coefficient (Wildman–Crippen LogP) is 3.56. The van der Waals surface area contributed by atoms with Crippen molar-refractivity contribution < 1.29 is 13.9 Å². The lowest BCUT2D eigenvalue weighted by Gasteiger charge is -2.24. The Labute approximate surface area is 119 Å². The third-order valence-electron chi connectivity index (χ3n) is 4.25. The van der Waals surface area contributed by atoms with E-state index in [4.69, 9.17) is 0 Å². The first-order valence-electron chi connectivity index (χ1n) is 7.44. The standard InChI is InChI=1S/C16H23F2NO/c1-11-5-3-2-4-6-15(11)19-10-16(20)13-9-12(17)7-8-14(13)18/h7-9,11,15-16,19-20H,2-6,10H2,1H3. The molecular formula is C16H23F2NO. The van der Waals surface area contributed by atoms with Gasteiger partial charge in [0.15, 0.2) is 0 Å². The molecular weight excluding hydrogens is 260 g/mol. The predicted molar refractivity (Wildman–Crippen MR) is 75.4 cm³/mol. The van der Waals surface area contributed by atoms with Gasteiger partial charge >= 0.3 is 0 Å². The lowest BCUT2D eigenvalue weighted by Crippen LogP contribution is -2.37. The zero-order valence-electron chi connectivity index (χ0n) is 11.9. The second-order valence-electron chi connectivity index (χ2n) is 5.81. The van der Waals surface area contributed by atoms with Gasteiger partial charge < -0.3 is 10.4 Å². The maximum Gasteiger partial charge on any atom is 0.129 e. The van der Waals surface area contributed by atoms with E-state index in [0.717, 1.165) is 24.6 Å². The summed E-state index contributed by atoms with van der Waals surface area (Å²) in [5, 5.41) is 13.4. The number of hydrogen-bond donors (Lipinski definition) is 2. The molecule has 1 aliphatic rings. The molecule has 0 bridgehead atoms. The van der Waals surface area contributed by atoms with Crippen molar-refractivity contribution in [3.63, 3.8) is 0 Å². The summed E-state index contributed by atoms with van der Waals surface area (Å²) in [7, 11) is 0. The van der Waals surface area contributed by atoms with E-state index in [1.165, 1.54) is 25.7 Å². The van der Waals surface area contributed by atoms with E-state index in [-0.39, 0.29) is 12.1 Å². The van der Waals surface area contributed by atoms with Crippen molar-refractivity contribution in [2.24, 2.45) is 5.92 Å². The summed E-state index contributed by atoms with van der Waals surface area (Å²) < 4.78 is 26.7. The summed E-state index contributed by atoms with van der Waals surface area (Å²) in [6.45, 7) is 2.47. The molecule has 2 rings (SSSR count). The zero-order chi connectivity index (χ0) is 14.5. The average molecular weight is 283 g/mol. The van der Waals surface area contributed by atoms with Crippen molar-refractivity contribution in [3.05, 3.63) is 35.4 Å². The number of aliphatic hydroxyl groups is 1. The van der Waals surface area contributed by atoms with E-state index in [0.29, 0.717) is 12.0 Å². The normalized spacial score (nSPS) is 25.2. The van der Waals surface area contributed by atoms with Gasteiger partial charge in [-0.05, 0) is 37.0 Å². The van der Waals surface area contributed by atoms with Gasteiger partial charge in [-0.3, -0.25) is 0 Å². The van der Waals surface area contributed by atoms with Crippen molar-refractivity contribution in [2.45, 2.75) is 51.2 Å². The molecule has 0 amide bonds. The van der Waals surface area contributed by atoms with Crippen LogP contribution >= 0.6 is 0 Å². The van der Waals surface area contributed by atoms with Crippen molar-refractivity contribution in [1.29, 1.82) is 0 Å². The second-order valence-corrected chi connectivity index (χ2v) is 5.81. The molecule has 0 heterocycles. The molecule has 112 valence electrons. The first-order chi connectivity index (χ1) is 9.58. The van der Waals surface area contributed by atoms with Crippen LogP contribution in [0.5, 0.6) is 0 Å². The summed E-state index contributed by atoms with van der Waals surface area (Å²) >= 11 is 0. The minimum atomic E-state index is -1.01. The fourth-order valence-electron chi connectivity index (χ4n) is 2.94. The van der Waals surface area contributed by atoms with E-state index in [1.54, 1.807) is 0 Å². The molecule has 1 fully saturated rings. The Balaban J connectivity index is 1.93. The van der Waals surface area contributed by atoms with E-state index >= 15 is 0 Å².